The summed E-state index contributed by atoms with van der Waals surface area (Å²) in [5.41, 5.74) is 2.86. The summed E-state index contributed by atoms with van der Waals surface area (Å²) in [6.07, 6.45) is 8.00. The van der Waals surface area contributed by atoms with E-state index in [0.29, 0.717) is 0 Å². The quantitative estimate of drug-likeness (QED) is 0.792. The Labute approximate surface area is 124 Å². The Bertz CT molecular complexity index is 581. The summed E-state index contributed by atoms with van der Waals surface area (Å²) in [4.78, 5) is 3.83. The fraction of sp³-hybridized carbons (Fsp3) is 0.222. The molecule has 3 rings (SSSR count). The fourth-order valence-corrected chi connectivity index (χ4v) is 3.06. The number of thiophene rings is 1. The topological polar surface area (TPSA) is 3.24 Å². The third-order valence-electron chi connectivity index (χ3n) is 3.58. The molecule has 0 spiro atoms. The molecule has 0 saturated carbocycles. The van der Waals surface area contributed by atoms with E-state index in [9.17, 15) is 0 Å². The molecule has 2 heterocycles. The van der Waals surface area contributed by atoms with Crippen molar-refractivity contribution < 1.29 is 0 Å². The maximum atomic E-state index is 2.50. The highest BCUT2D eigenvalue weighted by molar-refractivity contribution is 7.10. The first-order valence-electron chi connectivity index (χ1n) is 7.07. The second-order valence-electron chi connectivity index (χ2n) is 5.10. The summed E-state index contributed by atoms with van der Waals surface area (Å²) in [6.45, 7) is 3.26. The Morgan fingerprint density at radius 2 is 1.95 bits per heavy atom. The van der Waals surface area contributed by atoms with Crippen LogP contribution in [0.4, 0.5) is 0 Å². The zero-order chi connectivity index (χ0) is 13.6. The van der Waals surface area contributed by atoms with Crippen LogP contribution in [0, 0.1) is 0 Å². The van der Waals surface area contributed by atoms with Crippen LogP contribution in [-0.4, -0.2) is 18.0 Å². The second-order valence-corrected chi connectivity index (χ2v) is 6.08. The SMILES string of the molecule is C1=C(/C=C/c2cccs2)CCN(Cc2ccccc2)C1. The van der Waals surface area contributed by atoms with Crippen LogP contribution in [0.3, 0.4) is 0 Å². The van der Waals surface area contributed by atoms with Crippen molar-refractivity contribution in [3.05, 3.63) is 76.0 Å². The molecule has 1 aromatic carbocycles. The van der Waals surface area contributed by atoms with Gasteiger partial charge in [0.1, 0.15) is 0 Å². The highest BCUT2D eigenvalue weighted by Crippen LogP contribution is 2.17. The molecule has 1 aromatic heterocycles. The summed E-state index contributed by atoms with van der Waals surface area (Å²) in [6, 6.07) is 15.0. The van der Waals surface area contributed by atoms with Crippen LogP contribution in [0.15, 0.2) is 65.6 Å². The molecule has 0 aliphatic carbocycles. The average Bonchev–Trinajstić information content (AvgIpc) is 3.01. The lowest BCUT2D eigenvalue weighted by molar-refractivity contribution is 0.287. The predicted octanol–water partition coefficient (Wildman–Crippen LogP) is 4.59. The zero-order valence-corrected chi connectivity index (χ0v) is 12.4. The number of allylic oxidation sites excluding steroid dienone is 1. The van der Waals surface area contributed by atoms with E-state index in [1.165, 1.54) is 16.0 Å². The number of rotatable bonds is 4. The summed E-state index contributed by atoms with van der Waals surface area (Å²) >= 11 is 1.79. The van der Waals surface area contributed by atoms with Gasteiger partial charge in [0, 0.05) is 24.5 Å². The number of nitrogens with zero attached hydrogens (tertiary/aromatic N) is 1. The molecule has 0 atom stereocenters. The van der Waals surface area contributed by atoms with Crippen molar-refractivity contribution in [3.8, 4) is 0 Å². The maximum Gasteiger partial charge on any atom is 0.0270 e. The van der Waals surface area contributed by atoms with Crippen LogP contribution in [0.5, 0.6) is 0 Å². The normalized spacial score (nSPS) is 16.5. The van der Waals surface area contributed by atoms with Crippen LogP contribution in [0.1, 0.15) is 16.9 Å². The standard InChI is InChI=1S/C18H19NS/c1-2-5-17(6-3-1)15-19-12-10-16(11-13-19)8-9-18-7-4-14-20-18/h1-10,14H,11-13,15H2/b9-8+. The summed E-state index contributed by atoms with van der Waals surface area (Å²) in [5, 5.41) is 2.12. The van der Waals surface area contributed by atoms with E-state index in [4.69, 9.17) is 0 Å². The Kier molecular flexibility index (Phi) is 4.46. The third-order valence-corrected chi connectivity index (χ3v) is 4.42. The lowest BCUT2D eigenvalue weighted by Gasteiger charge is -2.25. The van der Waals surface area contributed by atoms with Crippen LogP contribution in [-0.2, 0) is 6.54 Å². The Hall–Kier alpha value is -1.64. The van der Waals surface area contributed by atoms with E-state index in [1.54, 1.807) is 11.3 Å². The smallest absolute Gasteiger partial charge is 0.0270 e. The molecule has 0 amide bonds. The molecule has 102 valence electrons. The molecule has 0 saturated heterocycles. The number of hydrogen-bond donors (Lipinski definition) is 0. The number of benzene rings is 1. The van der Waals surface area contributed by atoms with Crippen LogP contribution >= 0.6 is 11.3 Å². The van der Waals surface area contributed by atoms with E-state index in [1.807, 2.05) is 0 Å². The van der Waals surface area contributed by atoms with E-state index in [0.717, 1.165) is 26.1 Å². The molecule has 1 aliphatic rings. The molecule has 2 aromatic rings. The molecule has 0 fully saturated rings. The summed E-state index contributed by atoms with van der Waals surface area (Å²) in [7, 11) is 0. The first-order chi connectivity index (χ1) is 9.90. The predicted molar refractivity (Wildman–Crippen MR) is 87.8 cm³/mol. The molecule has 2 heteroatoms. The van der Waals surface area contributed by atoms with Crippen molar-refractivity contribution in [1.29, 1.82) is 0 Å². The van der Waals surface area contributed by atoms with Crippen molar-refractivity contribution >= 4 is 17.4 Å². The van der Waals surface area contributed by atoms with E-state index < -0.39 is 0 Å². The monoisotopic (exact) mass is 281 g/mol. The lowest BCUT2D eigenvalue weighted by Crippen LogP contribution is -2.27. The molecule has 0 N–H and O–H groups in total. The Balaban J connectivity index is 1.55. The van der Waals surface area contributed by atoms with Crippen molar-refractivity contribution in [2.24, 2.45) is 0 Å². The van der Waals surface area contributed by atoms with Gasteiger partial charge in [-0.15, -0.1) is 11.3 Å². The summed E-state index contributed by atoms with van der Waals surface area (Å²) in [5.74, 6) is 0. The summed E-state index contributed by atoms with van der Waals surface area (Å²) < 4.78 is 0. The van der Waals surface area contributed by atoms with Gasteiger partial charge in [0.05, 0.1) is 0 Å². The Morgan fingerprint density at radius 1 is 1.05 bits per heavy atom. The highest BCUT2D eigenvalue weighted by Gasteiger charge is 2.10. The first-order valence-corrected chi connectivity index (χ1v) is 7.95. The van der Waals surface area contributed by atoms with Gasteiger partial charge < -0.3 is 0 Å². The van der Waals surface area contributed by atoms with Gasteiger partial charge in [0.15, 0.2) is 0 Å². The zero-order valence-electron chi connectivity index (χ0n) is 11.5. The first kappa shape index (κ1) is 13.3. The van der Waals surface area contributed by atoms with Gasteiger partial charge in [-0.25, -0.2) is 0 Å². The molecule has 0 radical (unpaired) electrons. The van der Waals surface area contributed by atoms with Gasteiger partial charge in [-0.2, -0.15) is 0 Å². The highest BCUT2D eigenvalue weighted by atomic mass is 32.1. The van der Waals surface area contributed by atoms with Gasteiger partial charge in [-0.3, -0.25) is 4.90 Å². The molecular weight excluding hydrogens is 262 g/mol. The minimum absolute atomic E-state index is 1.05. The molecule has 20 heavy (non-hydrogen) atoms. The molecular formula is C18H19NS. The van der Waals surface area contributed by atoms with Gasteiger partial charge in [0.2, 0.25) is 0 Å². The largest absolute Gasteiger partial charge is 0.295 e. The minimum atomic E-state index is 1.05. The average molecular weight is 281 g/mol. The molecule has 1 nitrogen and oxygen atoms in total. The van der Waals surface area contributed by atoms with E-state index >= 15 is 0 Å². The van der Waals surface area contributed by atoms with Crippen molar-refractivity contribution in [2.45, 2.75) is 13.0 Å². The van der Waals surface area contributed by atoms with Crippen LogP contribution in [0.2, 0.25) is 0 Å². The third kappa shape index (κ3) is 3.69. The van der Waals surface area contributed by atoms with Gasteiger partial charge in [-0.05, 0) is 35.1 Å². The second kappa shape index (κ2) is 6.69. The van der Waals surface area contributed by atoms with Crippen molar-refractivity contribution in [3.63, 3.8) is 0 Å². The van der Waals surface area contributed by atoms with Crippen LogP contribution < -0.4 is 0 Å². The van der Waals surface area contributed by atoms with E-state index in [-0.39, 0.29) is 0 Å². The van der Waals surface area contributed by atoms with E-state index in [2.05, 4.69) is 71.0 Å². The lowest BCUT2D eigenvalue weighted by atomic mass is 10.1. The van der Waals surface area contributed by atoms with Gasteiger partial charge in [-0.1, -0.05) is 48.6 Å². The van der Waals surface area contributed by atoms with Crippen LogP contribution in [0.25, 0.3) is 6.08 Å². The fourth-order valence-electron chi connectivity index (χ4n) is 2.44. The van der Waals surface area contributed by atoms with Gasteiger partial charge in [0.25, 0.3) is 0 Å². The van der Waals surface area contributed by atoms with Gasteiger partial charge >= 0.3 is 0 Å². The van der Waals surface area contributed by atoms with Crippen molar-refractivity contribution in [2.75, 3.05) is 13.1 Å². The molecule has 0 unspecified atom stereocenters. The molecule has 0 bridgehead atoms. The number of hydrogen-bond acceptors (Lipinski definition) is 2. The Morgan fingerprint density at radius 3 is 2.65 bits per heavy atom. The maximum absolute atomic E-state index is 2.50. The van der Waals surface area contributed by atoms with Crippen molar-refractivity contribution in [1.82, 2.24) is 4.90 Å². The molecule has 1 aliphatic heterocycles. The minimum Gasteiger partial charge on any atom is -0.295 e.